The van der Waals surface area contributed by atoms with Crippen molar-refractivity contribution in [3.05, 3.63) is 35.9 Å². The van der Waals surface area contributed by atoms with Crippen LogP contribution in [0.3, 0.4) is 0 Å². The van der Waals surface area contributed by atoms with E-state index in [1.807, 2.05) is 18.2 Å². The molecule has 0 aromatic heterocycles. The van der Waals surface area contributed by atoms with Gasteiger partial charge < -0.3 is 5.32 Å². The van der Waals surface area contributed by atoms with Crippen LogP contribution < -0.4 is 5.32 Å². The van der Waals surface area contributed by atoms with E-state index >= 15 is 0 Å². The SMILES string of the molecule is O=C(CCc1ccccc1)NCC1(CCl)CC1. The van der Waals surface area contributed by atoms with Crippen LogP contribution in [-0.4, -0.2) is 18.3 Å². The van der Waals surface area contributed by atoms with Crippen LogP contribution in [0.1, 0.15) is 24.8 Å². The fraction of sp³-hybridized carbons (Fsp3) is 0.500. The second-order valence-corrected chi connectivity index (χ2v) is 5.16. The van der Waals surface area contributed by atoms with Gasteiger partial charge in [0.25, 0.3) is 0 Å². The van der Waals surface area contributed by atoms with Crippen LogP contribution in [0, 0.1) is 5.41 Å². The zero-order chi connectivity index (χ0) is 12.1. The third-order valence-electron chi connectivity index (χ3n) is 3.38. The Morgan fingerprint density at radius 3 is 2.59 bits per heavy atom. The molecule has 0 radical (unpaired) electrons. The maximum absolute atomic E-state index is 11.7. The second kappa shape index (κ2) is 5.54. The van der Waals surface area contributed by atoms with Crippen molar-refractivity contribution < 1.29 is 4.79 Å². The fourth-order valence-electron chi connectivity index (χ4n) is 1.81. The number of aryl methyl sites for hydroxylation is 1. The summed E-state index contributed by atoms with van der Waals surface area (Å²) in [6.07, 6.45) is 3.66. The zero-order valence-electron chi connectivity index (χ0n) is 9.92. The molecular weight excluding hydrogens is 234 g/mol. The van der Waals surface area contributed by atoms with Crippen LogP contribution in [-0.2, 0) is 11.2 Å². The lowest BCUT2D eigenvalue weighted by molar-refractivity contribution is -0.121. The summed E-state index contributed by atoms with van der Waals surface area (Å²) >= 11 is 5.86. The molecule has 0 saturated heterocycles. The molecule has 17 heavy (non-hydrogen) atoms. The minimum absolute atomic E-state index is 0.130. The quantitative estimate of drug-likeness (QED) is 0.774. The number of carbonyl (C=O) groups excluding carboxylic acids is 1. The first kappa shape index (κ1) is 12.4. The van der Waals surface area contributed by atoms with Gasteiger partial charge in [0.2, 0.25) is 5.91 Å². The van der Waals surface area contributed by atoms with Gasteiger partial charge in [-0.15, -0.1) is 11.6 Å². The van der Waals surface area contributed by atoms with Gasteiger partial charge >= 0.3 is 0 Å². The Hall–Kier alpha value is -1.02. The second-order valence-electron chi connectivity index (χ2n) is 4.90. The standard InChI is InChI=1S/C14H18ClNO/c15-10-14(8-9-14)11-16-13(17)7-6-12-4-2-1-3-5-12/h1-5H,6-11H2,(H,16,17). The van der Waals surface area contributed by atoms with Gasteiger partial charge in [-0.25, -0.2) is 0 Å². The maximum atomic E-state index is 11.7. The van der Waals surface area contributed by atoms with Crippen molar-refractivity contribution in [1.82, 2.24) is 5.32 Å². The number of hydrogen-bond acceptors (Lipinski definition) is 1. The van der Waals surface area contributed by atoms with Crippen molar-refractivity contribution in [3.8, 4) is 0 Å². The van der Waals surface area contributed by atoms with Crippen molar-refractivity contribution in [2.75, 3.05) is 12.4 Å². The predicted molar refractivity (Wildman–Crippen MR) is 70.2 cm³/mol. The average molecular weight is 252 g/mol. The number of rotatable bonds is 6. The van der Waals surface area contributed by atoms with E-state index < -0.39 is 0 Å². The normalized spacial score (nSPS) is 16.5. The largest absolute Gasteiger partial charge is 0.355 e. The van der Waals surface area contributed by atoms with Crippen molar-refractivity contribution >= 4 is 17.5 Å². The monoisotopic (exact) mass is 251 g/mol. The molecule has 0 atom stereocenters. The van der Waals surface area contributed by atoms with Crippen LogP contribution >= 0.6 is 11.6 Å². The maximum Gasteiger partial charge on any atom is 0.220 e. The predicted octanol–water partition coefficient (Wildman–Crippen LogP) is 2.75. The Bertz CT molecular complexity index is 373. The molecule has 0 bridgehead atoms. The van der Waals surface area contributed by atoms with Crippen LogP contribution in [0.5, 0.6) is 0 Å². The van der Waals surface area contributed by atoms with Gasteiger partial charge in [0.1, 0.15) is 0 Å². The lowest BCUT2D eigenvalue weighted by atomic mass is 10.1. The summed E-state index contributed by atoms with van der Waals surface area (Å²) in [5, 5.41) is 2.98. The van der Waals surface area contributed by atoms with E-state index in [-0.39, 0.29) is 11.3 Å². The molecular formula is C14H18ClNO. The molecule has 0 unspecified atom stereocenters. The van der Waals surface area contributed by atoms with Gasteiger partial charge in [0.05, 0.1) is 0 Å². The summed E-state index contributed by atoms with van der Waals surface area (Å²) in [4.78, 5) is 11.7. The summed E-state index contributed by atoms with van der Waals surface area (Å²) in [5.74, 6) is 0.789. The fourth-order valence-corrected chi connectivity index (χ4v) is 2.17. The van der Waals surface area contributed by atoms with E-state index in [0.29, 0.717) is 12.3 Å². The Balaban J connectivity index is 1.68. The lowest BCUT2D eigenvalue weighted by Crippen LogP contribution is -2.31. The topological polar surface area (TPSA) is 29.1 Å². The van der Waals surface area contributed by atoms with Crippen molar-refractivity contribution in [3.63, 3.8) is 0 Å². The molecule has 1 aliphatic carbocycles. The molecule has 2 rings (SSSR count). The van der Waals surface area contributed by atoms with E-state index in [1.165, 1.54) is 5.56 Å². The Labute approximate surface area is 107 Å². The van der Waals surface area contributed by atoms with Gasteiger partial charge in [-0.3, -0.25) is 4.79 Å². The Kier molecular flexibility index (Phi) is 4.06. The number of alkyl halides is 1. The van der Waals surface area contributed by atoms with Crippen molar-refractivity contribution in [2.45, 2.75) is 25.7 Å². The van der Waals surface area contributed by atoms with E-state index in [9.17, 15) is 4.79 Å². The molecule has 1 aromatic carbocycles. The minimum atomic E-state index is 0.130. The highest BCUT2D eigenvalue weighted by atomic mass is 35.5. The van der Waals surface area contributed by atoms with Crippen LogP contribution in [0.4, 0.5) is 0 Å². The molecule has 3 heteroatoms. The van der Waals surface area contributed by atoms with E-state index in [4.69, 9.17) is 11.6 Å². The van der Waals surface area contributed by atoms with Gasteiger partial charge in [0.15, 0.2) is 0 Å². The average Bonchev–Trinajstić information content (AvgIpc) is 3.16. The first-order chi connectivity index (χ1) is 8.24. The summed E-state index contributed by atoms with van der Waals surface area (Å²) in [6.45, 7) is 0.740. The van der Waals surface area contributed by atoms with Crippen molar-refractivity contribution in [2.24, 2.45) is 5.41 Å². The number of nitrogens with one attached hydrogen (secondary N) is 1. The van der Waals surface area contributed by atoms with Gasteiger partial charge in [-0.05, 0) is 24.8 Å². The number of hydrogen-bond donors (Lipinski definition) is 1. The van der Waals surface area contributed by atoms with Gasteiger partial charge in [-0.2, -0.15) is 0 Å². The van der Waals surface area contributed by atoms with Crippen LogP contribution in [0.25, 0.3) is 0 Å². The number of amides is 1. The molecule has 1 aromatic rings. The zero-order valence-corrected chi connectivity index (χ0v) is 10.7. The molecule has 2 nitrogen and oxygen atoms in total. The van der Waals surface area contributed by atoms with Crippen LogP contribution in [0.15, 0.2) is 30.3 Å². The minimum Gasteiger partial charge on any atom is -0.355 e. The lowest BCUT2D eigenvalue weighted by Gasteiger charge is -2.12. The number of benzene rings is 1. The summed E-state index contributed by atoms with van der Waals surface area (Å²) in [5.41, 5.74) is 1.42. The van der Waals surface area contributed by atoms with E-state index in [1.54, 1.807) is 0 Å². The molecule has 0 heterocycles. The third-order valence-corrected chi connectivity index (χ3v) is 3.95. The number of carbonyl (C=O) groups is 1. The van der Waals surface area contributed by atoms with Crippen LogP contribution in [0.2, 0.25) is 0 Å². The van der Waals surface area contributed by atoms with E-state index in [2.05, 4.69) is 17.4 Å². The molecule has 92 valence electrons. The Morgan fingerprint density at radius 2 is 2.00 bits per heavy atom. The molecule has 1 aliphatic rings. The molecule has 1 fully saturated rings. The molecule has 1 saturated carbocycles. The molecule has 0 aliphatic heterocycles. The molecule has 1 amide bonds. The van der Waals surface area contributed by atoms with Crippen molar-refractivity contribution in [1.29, 1.82) is 0 Å². The smallest absolute Gasteiger partial charge is 0.220 e. The first-order valence-electron chi connectivity index (χ1n) is 6.11. The molecule has 0 spiro atoms. The summed E-state index contributed by atoms with van der Waals surface area (Å²) < 4.78 is 0. The van der Waals surface area contributed by atoms with E-state index in [0.717, 1.165) is 25.8 Å². The van der Waals surface area contributed by atoms with Gasteiger partial charge in [-0.1, -0.05) is 30.3 Å². The molecule has 1 N–H and O–H groups in total. The highest BCUT2D eigenvalue weighted by molar-refractivity contribution is 6.18. The number of halogens is 1. The Morgan fingerprint density at radius 1 is 1.29 bits per heavy atom. The summed E-state index contributed by atoms with van der Waals surface area (Å²) in [7, 11) is 0. The van der Waals surface area contributed by atoms with Gasteiger partial charge in [0, 0.05) is 24.3 Å². The highest BCUT2D eigenvalue weighted by Gasteiger charge is 2.41. The highest BCUT2D eigenvalue weighted by Crippen LogP contribution is 2.45. The third kappa shape index (κ3) is 3.74. The summed E-state index contributed by atoms with van der Waals surface area (Å²) in [6, 6.07) is 10.1. The first-order valence-corrected chi connectivity index (χ1v) is 6.64.